The molecule has 1 saturated carbocycles. The summed E-state index contributed by atoms with van der Waals surface area (Å²) in [6.07, 6.45) is -4.09. The Bertz CT molecular complexity index is 1940. The Balaban J connectivity index is 1.49. The maximum atomic E-state index is 14.9. The van der Waals surface area contributed by atoms with Crippen molar-refractivity contribution in [2.75, 3.05) is 19.0 Å². The molecule has 5 amide bonds. The van der Waals surface area contributed by atoms with Crippen molar-refractivity contribution >= 4 is 76.6 Å². The predicted molar refractivity (Wildman–Crippen MR) is 204 cm³/mol. The number of anilines is 1. The van der Waals surface area contributed by atoms with E-state index in [1.54, 1.807) is 27.7 Å². The van der Waals surface area contributed by atoms with Gasteiger partial charge in [0.25, 0.3) is 5.91 Å². The number of rotatable bonds is 6. The molecule has 3 fully saturated rings. The normalized spacial score (nSPS) is 31.9. The maximum Gasteiger partial charge on any atom is 0.330 e. The van der Waals surface area contributed by atoms with E-state index in [1.165, 1.54) is 25.5 Å². The number of cyclic esters (lactones) is 1. The second-order valence-corrected chi connectivity index (χ2v) is 17.5. The predicted octanol–water partition coefficient (Wildman–Crippen LogP) is 0.218. The van der Waals surface area contributed by atoms with E-state index in [0.717, 1.165) is 9.91 Å². The highest BCUT2D eigenvalue weighted by atomic mass is 35.5. The summed E-state index contributed by atoms with van der Waals surface area (Å²) in [5, 5.41) is 48.9. The van der Waals surface area contributed by atoms with Crippen LogP contribution in [0.5, 0.6) is 0 Å². The molecule has 4 aliphatic heterocycles. The van der Waals surface area contributed by atoms with Gasteiger partial charge in [-0.1, -0.05) is 57.0 Å². The third kappa shape index (κ3) is 7.93. The second kappa shape index (κ2) is 15.9. The molecule has 1 aromatic carbocycles. The average molecular weight is 853 g/mol. The average Bonchev–Trinajstić information content (AvgIpc) is 3.73. The number of nitrogens with one attached hydrogen (secondary N) is 4. The number of aliphatic hydroxyl groups excluding tert-OH is 1. The van der Waals surface area contributed by atoms with E-state index in [-0.39, 0.29) is 34.1 Å². The molecule has 6 rings (SSSR count). The van der Waals surface area contributed by atoms with E-state index >= 15 is 0 Å². The summed E-state index contributed by atoms with van der Waals surface area (Å²) < 4.78 is 11.1. The highest BCUT2D eigenvalue weighted by molar-refractivity contribution is 6.44. The number of halogens is 2. The first-order chi connectivity index (χ1) is 27.1. The van der Waals surface area contributed by atoms with Crippen molar-refractivity contribution in [3.8, 4) is 0 Å². The first-order valence-corrected chi connectivity index (χ1v) is 19.5. The zero-order valence-electron chi connectivity index (χ0n) is 32.4. The van der Waals surface area contributed by atoms with Crippen LogP contribution >= 0.6 is 23.2 Å². The topological polar surface area (TPSA) is 266 Å². The number of esters is 1. The maximum absolute atomic E-state index is 14.9. The molecule has 9 atom stereocenters. The Morgan fingerprint density at radius 1 is 1.02 bits per heavy atom. The lowest BCUT2D eigenvalue weighted by Crippen LogP contribution is -2.64. The Morgan fingerprint density at radius 3 is 2.31 bits per heavy atom. The van der Waals surface area contributed by atoms with Crippen molar-refractivity contribution in [2.45, 2.75) is 120 Å². The molecule has 4 heterocycles. The summed E-state index contributed by atoms with van der Waals surface area (Å²) in [4.78, 5) is 98.7. The lowest BCUT2D eigenvalue weighted by atomic mass is 9.87. The number of fused-ring (bicyclic) bond motifs is 6. The van der Waals surface area contributed by atoms with Gasteiger partial charge in [0.1, 0.15) is 42.0 Å². The number of hydrazone groups is 1. The summed E-state index contributed by atoms with van der Waals surface area (Å²) in [5.74, 6) is -7.50. The largest absolute Gasteiger partial charge is 0.481 e. The lowest BCUT2D eigenvalue weighted by molar-refractivity contribution is -0.173. The molecular formula is C37H47Cl2N7O12. The fourth-order valence-electron chi connectivity index (χ4n) is 7.88. The van der Waals surface area contributed by atoms with E-state index in [4.69, 9.17) is 32.7 Å². The van der Waals surface area contributed by atoms with Gasteiger partial charge in [0.15, 0.2) is 6.10 Å². The highest BCUT2D eigenvalue weighted by Gasteiger charge is 2.63. The number of amides is 5. The number of carboxylic acid groups (broad SMARTS) is 1. The molecule has 0 bridgehead atoms. The van der Waals surface area contributed by atoms with E-state index in [0.29, 0.717) is 12.8 Å². The fraction of sp³-hybridized carbons (Fsp3) is 0.622. The lowest BCUT2D eigenvalue weighted by Gasteiger charge is -2.38. The van der Waals surface area contributed by atoms with Crippen molar-refractivity contribution in [3.63, 3.8) is 0 Å². The molecule has 0 spiro atoms. The molecule has 9 unspecified atom stereocenters. The third-order valence-corrected chi connectivity index (χ3v) is 12.2. The molecule has 7 N–H and O–H groups in total. The first-order valence-electron chi connectivity index (χ1n) is 18.8. The van der Waals surface area contributed by atoms with Gasteiger partial charge < -0.3 is 51.0 Å². The van der Waals surface area contributed by atoms with Gasteiger partial charge >= 0.3 is 11.9 Å². The molecule has 0 radical (unpaired) electrons. The van der Waals surface area contributed by atoms with Crippen molar-refractivity contribution in [1.29, 1.82) is 0 Å². The van der Waals surface area contributed by atoms with Gasteiger partial charge in [0.05, 0.1) is 34.9 Å². The van der Waals surface area contributed by atoms with E-state index in [9.17, 15) is 48.9 Å². The summed E-state index contributed by atoms with van der Waals surface area (Å²) in [5.41, 5.74) is -3.70. The summed E-state index contributed by atoms with van der Waals surface area (Å²) in [6.45, 7) is 6.16. The van der Waals surface area contributed by atoms with Crippen molar-refractivity contribution in [3.05, 3.63) is 27.7 Å². The Morgan fingerprint density at radius 2 is 1.69 bits per heavy atom. The van der Waals surface area contributed by atoms with Crippen LogP contribution < -0.4 is 21.3 Å². The van der Waals surface area contributed by atoms with Crippen LogP contribution in [0.1, 0.15) is 71.8 Å². The van der Waals surface area contributed by atoms with Crippen LogP contribution in [0, 0.1) is 10.8 Å². The Hall–Kier alpha value is -4.56. The molecule has 2 saturated heterocycles. The van der Waals surface area contributed by atoms with Gasteiger partial charge in [-0.15, -0.1) is 0 Å². The summed E-state index contributed by atoms with van der Waals surface area (Å²) in [6, 6.07) is -5.17. The highest BCUT2D eigenvalue weighted by Crippen LogP contribution is 2.53. The number of methoxy groups -OCH3 is 1. The molecule has 1 aromatic rings. The van der Waals surface area contributed by atoms with E-state index in [1.807, 2.05) is 0 Å². The van der Waals surface area contributed by atoms with Gasteiger partial charge in [-0.25, -0.2) is 9.80 Å². The zero-order valence-corrected chi connectivity index (χ0v) is 33.9. The number of hydrogen-bond acceptors (Lipinski definition) is 13. The fourth-order valence-corrected chi connectivity index (χ4v) is 8.26. The van der Waals surface area contributed by atoms with Crippen LogP contribution in [0.15, 0.2) is 17.2 Å². The van der Waals surface area contributed by atoms with Gasteiger partial charge in [-0.05, 0) is 37.2 Å². The van der Waals surface area contributed by atoms with Crippen LogP contribution in [-0.2, 0) is 48.6 Å². The molecule has 1 aliphatic carbocycles. The van der Waals surface area contributed by atoms with Gasteiger partial charge in [0, 0.05) is 30.7 Å². The molecule has 0 aromatic heterocycles. The quantitative estimate of drug-likeness (QED) is 0.189. The minimum Gasteiger partial charge on any atom is -0.481 e. The molecule has 58 heavy (non-hydrogen) atoms. The number of aliphatic carboxylic acids is 1. The minimum absolute atomic E-state index is 0.0135. The number of aliphatic hydroxyl groups is 2. The second-order valence-electron chi connectivity index (χ2n) is 16.7. The van der Waals surface area contributed by atoms with Crippen molar-refractivity contribution in [2.24, 2.45) is 15.9 Å². The smallest absolute Gasteiger partial charge is 0.330 e. The van der Waals surface area contributed by atoms with Crippen LogP contribution in [0.25, 0.3) is 0 Å². The number of carbonyl (C=O) groups is 7. The van der Waals surface area contributed by atoms with Gasteiger partial charge in [-0.3, -0.25) is 28.8 Å². The monoisotopic (exact) mass is 851 g/mol. The first kappa shape index (κ1) is 43.0. The number of nitrogens with zero attached hydrogens (tertiary/aromatic N) is 3. The SMILES string of the molecule is COCC1NC(=O)C2CCC=NN2C(=O)C(C(C)(C)C)OC(=O)C(C2(C)CC2)NC(=O)C2CC3(O)c4ccc(Cl)c(Cl)c4NC3N2C(=O)C(C(O)CC(=O)O)NC1=O. The number of benzene rings is 1. The number of hydrogen-bond donors (Lipinski definition) is 7. The minimum atomic E-state index is -2.12. The zero-order chi connectivity index (χ0) is 42.6. The molecule has 19 nitrogen and oxygen atoms in total. The number of carboxylic acids is 1. The van der Waals surface area contributed by atoms with Crippen LogP contribution in [-0.4, -0.2) is 135 Å². The standard InChI is InChI=1S/C37H47Cl2N7O12/c1-35(2,3)27-32(54)46-19(7-6-12-40-46)29(51)41-18(15-57-5)28(50)42-25(21(47)13-22(48)49)31(53)45-20(30(52)44-26(33(55)58-27)36(4)10-11-36)14-37(56)16-8-9-17(38)23(39)24(16)43-34(37)45/h8-9,12,18-21,25-27,34,43,47,56H,6-7,10-11,13-15H2,1-5H3,(H,41,51)(H,42,50)(H,44,52)(H,48,49). The van der Waals surface area contributed by atoms with Crippen LogP contribution in [0.2, 0.25) is 10.0 Å². The number of ether oxygens (including phenoxy) is 2. The van der Waals surface area contributed by atoms with Gasteiger partial charge in [0.2, 0.25) is 23.6 Å². The third-order valence-electron chi connectivity index (χ3n) is 11.4. The Kier molecular flexibility index (Phi) is 11.8. The van der Waals surface area contributed by atoms with Crippen LogP contribution in [0.4, 0.5) is 5.69 Å². The van der Waals surface area contributed by atoms with Crippen molar-refractivity contribution < 1.29 is 58.4 Å². The summed E-state index contributed by atoms with van der Waals surface area (Å²) in [7, 11) is 1.22. The molecular weight excluding hydrogens is 805 g/mol. The summed E-state index contributed by atoms with van der Waals surface area (Å²) >= 11 is 12.8. The van der Waals surface area contributed by atoms with E-state index < -0.39 is 126 Å². The van der Waals surface area contributed by atoms with E-state index in [2.05, 4.69) is 26.4 Å². The van der Waals surface area contributed by atoms with Gasteiger partial charge in [-0.2, -0.15) is 5.10 Å². The molecule has 21 heteroatoms. The molecule has 5 aliphatic rings. The molecule has 316 valence electrons. The van der Waals surface area contributed by atoms with Crippen LogP contribution in [0.3, 0.4) is 0 Å². The Labute approximate surface area is 343 Å². The number of carbonyl (C=O) groups excluding carboxylic acids is 6. The van der Waals surface area contributed by atoms with Crippen molar-refractivity contribution in [1.82, 2.24) is 25.9 Å².